The maximum Gasteiger partial charge on any atom is 0.246 e. The summed E-state index contributed by atoms with van der Waals surface area (Å²) < 4.78 is 30.3. The summed E-state index contributed by atoms with van der Waals surface area (Å²) in [5.74, 6) is 1.72. The number of piperidine rings is 1. The van der Waals surface area contributed by atoms with Crippen molar-refractivity contribution in [2.75, 3.05) is 32.1 Å². The number of rotatable bonds is 4. The minimum absolute atomic E-state index is 0.116. The van der Waals surface area contributed by atoms with Crippen LogP contribution in [0.4, 0.5) is 5.82 Å². The molecule has 3 aromatic heterocycles. The van der Waals surface area contributed by atoms with Crippen LogP contribution in [0.2, 0.25) is 0 Å². The predicted molar refractivity (Wildman–Crippen MR) is 99.1 cm³/mol. The largest absolute Gasteiger partial charge is 0.361 e. The molecule has 3 aromatic rings. The molecule has 0 amide bonds. The predicted octanol–water partition coefficient (Wildman–Crippen LogP) is 0.492. The number of aromatic nitrogens is 6. The topological polar surface area (TPSA) is 102 Å². The van der Waals surface area contributed by atoms with Crippen molar-refractivity contribution >= 4 is 21.5 Å². The van der Waals surface area contributed by atoms with Crippen molar-refractivity contribution in [2.24, 2.45) is 7.05 Å². The maximum atomic E-state index is 12.7. The molecular formula is C16H22N8O2S. The van der Waals surface area contributed by atoms with Crippen LogP contribution >= 0.6 is 0 Å². The Morgan fingerprint density at radius 1 is 1.15 bits per heavy atom. The quantitative estimate of drug-likeness (QED) is 0.639. The monoisotopic (exact) mass is 390 g/mol. The Morgan fingerprint density at radius 2 is 1.89 bits per heavy atom. The number of aryl methyl sites for hydroxylation is 1. The first-order valence-corrected chi connectivity index (χ1v) is 10.2. The molecule has 1 fully saturated rings. The summed E-state index contributed by atoms with van der Waals surface area (Å²) in [6.45, 7) is 0.869. The van der Waals surface area contributed by atoms with Crippen molar-refractivity contribution in [3.8, 4) is 0 Å². The van der Waals surface area contributed by atoms with E-state index in [2.05, 4.69) is 20.4 Å². The fourth-order valence-corrected chi connectivity index (χ4v) is 4.78. The summed E-state index contributed by atoms with van der Waals surface area (Å²) in [6.07, 6.45) is 4.27. The van der Waals surface area contributed by atoms with Gasteiger partial charge in [-0.3, -0.25) is 4.68 Å². The van der Waals surface area contributed by atoms with Gasteiger partial charge in [-0.1, -0.05) is 0 Å². The number of anilines is 1. The highest BCUT2D eigenvalue weighted by atomic mass is 32.2. The van der Waals surface area contributed by atoms with Gasteiger partial charge in [-0.15, -0.1) is 15.3 Å². The van der Waals surface area contributed by atoms with Gasteiger partial charge in [0, 0.05) is 46.3 Å². The molecule has 1 aliphatic heterocycles. The van der Waals surface area contributed by atoms with E-state index in [1.165, 1.54) is 21.4 Å². The third kappa shape index (κ3) is 3.16. The highest BCUT2D eigenvalue weighted by molar-refractivity contribution is 7.89. The van der Waals surface area contributed by atoms with Crippen molar-refractivity contribution in [1.29, 1.82) is 0 Å². The summed E-state index contributed by atoms with van der Waals surface area (Å²) in [4.78, 5) is 2.15. The molecule has 0 spiro atoms. The van der Waals surface area contributed by atoms with Crippen LogP contribution in [0, 0.1) is 0 Å². The fourth-order valence-electron chi connectivity index (χ4n) is 3.32. The van der Waals surface area contributed by atoms with E-state index >= 15 is 0 Å². The lowest BCUT2D eigenvalue weighted by atomic mass is 9.97. The van der Waals surface area contributed by atoms with Crippen LogP contribution in [0.1, 0.15) is 24.6 Å². The molecule has 0 radical (unpaired) electrons. The van der Waals surface area contributed by atoms with Crippen molar-refractivity contribution in [1.82, 2.24) is 33.9 Å². The van der Waals surface area contributed by atoms with Gasteiger partial charge in [0.05, 0.1) is 6.20 Å². The van der Waals surface area contributed by atoms with Crippen LogP contribution in [-0.4, -0.2) is 69.5 Å². The van der Waals surface area contributed by atoms with E-state index in [9.17, 15) is 8.42 Å². The van der Waals surface area contributed by atoms with Gasteiger partial charge in [0.2, 0.25) is 10.0 Å². The Bertz CT molecular complexity index is 1060. The number of fused-ring (bicyclic) bond motifs is 1. The number of hydrogen-bond acceptors (Lipinski definition) is 7. The van der Waals surface area contributed by atoms with Crippen molar-refractivity contribution < 1.29 is 8.42 Å². The molecule has 0 unspecified atom stereocenters. The van der Waals surface area contributed by atoms with Crippen LogP contribution in [0.25, 0.3) is 5.65 Å². The molecule has 1 aliphatic rings. The first-order valence-electron chi connectivity index (χ1n) is 8.75. The second-order valence-corrected chi connectivity index (χ2v) is 8.88. The lowest BCUT2D eigenvalue weighted by Gasteiger charge is -2.29. The summed E-state index contributed by atoms with van der Waals surface area (Å²) in [7, 11) is 2.06. The van der Waals surface area contributed by atoms with Gasteiger partial charge < -0.3 is 4.90 Å². The van der Waals surface area contributed by atoms with Crippen molar-refractivity contribution in [2.45, 2.75) is 23.7 Å². The highest BCUT2D eigenvalue weighted by Gasteiger charge is 2.32. The molecule has 1 saturated heterocycles. The molecule has 11 heteroatoms. The van der Waals surface area contributed by atoms with Gasteiger partial charge in [0.1, 0.15) is 10.7 Å². The van der Waals surface area contributed by atoms with E-state index in [1.54, 1.807) is 11.6 Å². The molecule has 0 atom stereocenters. The second kappa shape index (κ2) is 6.57. The number of sulfonamides is 1. The summed E-state index contributed by atoms with van der Waals surface area (Å²) in [5, 5.41) is 17.1. The van der Waals surface area contributed by atoms with Gasteiger partial charge >= 0.3 is 0 Å². The van der Waals surface area contributed by atoms with Crippen molar-refractivity contribution in [3.63, 3.8) is 0 Å². The lowest BCUT2D eigenvalue weighted by molar-refractivity contribution is 0.311. The summed E-state index contributed by atoms with van der Waals surface area (Å²) in [5.41, 5.74) is 0.695. The summed E-state index contributed by atoms with van der Waals surface area (Å²) in [6, 6.07) is 3.79. The molecule has 0 aromatic carbocycles. The average molecular weight is 390 g/mol. The molecule has 0 bridgehead atoms. The molecule has 10 nitrogen and oxygen atoms in total. The molecule has 0 aliphatic carbocycles. The number of hydrogen-bond donors (Lipinski definition) is 0. The Balaban J connectivity index is 1.54. The molecule has 144 valence electrons. The second-order valence-electron chi connectivity index (χ2n) is 6.94. The smallest absolute Gasteiger partial charge is 0.246 e. The Hall–Kier alpha value is -2.53. The van der Waals surface area contributed by atoms with Gasteiger partial charge in [0.25, 0.3) is 0 Å². The van der Waals surface area contributed by atoms with Gasteiger partial charge in [0.15, 0.2) is 11.5 Å². The third-order valence-corrected chi connectivity index (χ3v) is 6.72. The number of nitrogens with zero attached hydrogens (tertiary/aromatic N) is 8. The van der Waals surface area contributed by atoms with E-state index in [1.807, 2.05) is 31.1 Å². The zero-order valence-corrected chi connectivity index (χ0v) is 16.3. The first-order chi connectivity index (χ1) is 12.9. The SMILES string of the molecule is CN(C)c1ccc2nnc(C3CCN(S(=O)(=O)c4cnn(C)c4)CC3)n2n1. The average Bonchev–Trinajstić information content (AvgIpc) is 3.27. The molecule has 4 rings (SSSR count). The van der Waals surface area contributed by atoms with Crippen LogP contribution in [0.15, 0.2) is 29.4 Å². The maximum absolute atomic E-state index is 12.7. The minimum Gasteiger partial charge on any atom is -0.361 e. The normalized spacial score (nSPS) is 16.9. The van der Waals surface area contributed by atoms with Crippen LogP contribution in [0.3, 0.4) is 0 Å². The van der Waals surface area contributed by atoms with Gasteiger partial charge in [-0.2, -0.15) is 13.9 Å². The standard InChI is InChI=1S/C16H22N8O2S/c1-21(2)15-5-4-14-18-19-16(24(14)20-15)12-6-8-23(9-7-12)27(25,26)13-10-17-22(3)11-13/h4-5,10-12H,6-9H2,1-3H3. The van der Waals surface area contributed by atoms with E-state index in [-0.39, 0.29) is 10.8 Å². The lowest BCUT2D eigenvalue weighted by Crippen LogP contribution is -2.38. The molecule has 0 saturated carbocycles. The van der Waals surface area contributed by atoms with Crippen LogP contribution in [-0.2, 0) is 17.1 Å². The fraction of sp³-hybridized carbons (Fsp3) is 0.500. The zero-order valence-electron chi connectivity index (χ0n) is 15.5. The van der Waals surface area contributed by atoms with E-state index in [0.717, 1.165) is 11.6 Å². The van der Waals surface area contributed by atoms with Crippen molar-refractivity contribution in [3.05, 3.63) is 30.4 Å². The molecule has 4 heterocycles. The van der Waals surface area contributed by atoms with E-state index < -0.39 is 10.0 Å². The Morgan fingerprint density at radius 3 is 2.52 bits per heavy atom. The van der Waals surface area contributed by atoms with E-state index in [0.29, 0.717) is 31.6 Å². The highest BCUT2D eigenvalue weighted by Crippen LogP contribution is 2.30. The zero-order chi connectivity index (χ0) is 19.2. The van der Waals surface area contributed by atoms with E-state index in [4.69, 9.17) is 0 Å². The Kier molecular flexibility index (Phi) is 4.35. The molecule has 27 heavy (non-hydrogen) atoms. The van der Waals surface area contributed by atoms with Crippen LogP contribution < -0.4 is 4.90 Å². The summed E-state index contributed by atoms with van der Waals surface area (Å²) >= 11 is 0. The van der Waals surface area contributed by atoms with Crippen LogP contribution in [0.5, 0.6) is 0 Å². The van der Waals surface area contributed by atoms with Gasteiger partial charge in [-0.25, -0.2) is 8.42 Å². The first kappa shape index (κ1) is 17.9. The minimum atomic E-state index is -3.51. The van der Waals surface area contributed by atoms with Gasteiger partial charge in [-0.05, 0) is 25.0 Å². The molecular weight excluding hydrogens is 368 g/mol. The Labute approximate surface area is 157 Å². The third-order valence-electron chi connectivity index (χ3n) is 4.87. The molecule has 0 N–H and O–H groups in total.